The van der Waals surface area contributed by atoms with Gasteiger partial charge < -0.3 is 4.98 Å². The number of amides is 1. The molecule has 0 aliphatic carbocycles. The minimum Gasteiger partial charge on any atom is -0.306 e. The highest BCUT2D eigenvalue weighted by Gasteiger charge is 2.18. The first-order valence-electron chi connectivity index (χ1n) is 8.15. The molecule has 0 aliphatic rings. The molecule has 132 valence electrons. The van der Waals surface area contributed by atoms with Crippen LogP contribution in [0.1, 0.15) is 29.2 Å². The third-order valence-corrected chi connectivity index (χ3v) is 4.75. The van der Waals surface area contributed by atoms with Crippen LogP contribution in [0.5, 0.6) is 0 Å². The Hall–Kier alpha value is -3.07. The third kappa shape index (κ3) is 2.86. The first-order chi connectivity index (χ1) is 12.5. The molecule has 0 spiro atoms. The summed E-state index contributed by atoms with van der Waals surface area (Å²) in [5.74, 6) is 0.0719. The Morgan fingerprint density at radius 1 is 1.31 bits per heavy atom. The molecule has 0 bridgehead atoms. The van der Waals surface area contributed by atoms with Gasteiger partial charge in [0.15, 0.2) is 0 Å². The number of hydrogen-bond acceptors (Lipinski definition) is 6. The minimum atomic E-state index is -0.391. The molecule has 0 unspecified atom stereocenters. The SMILES string of the molecule is CC(C)Cc1nnc(NC(=O)c2cnn3c2[nH]c(=O)c2ccccc23)s1. The van der Waals surface area contributed by atoms with Crippen LogP contribution >= 0.6 is 11.3 Å². The fraction of sp³-hybridized carbons (Fsp3) is 0.235. The van der Waals surface area contributed by atoms with Crippen LogP contribution in [0, 0.1) is 5.92 Å². The molecule has 2 N–H and O–H groups in total. The van der Waals surface area contributed by atoms with E-state index < -0.39 is 5.91 Å². The molecule has 0 saturated heterocycles. The first-order valence-corrected chi connectivity index (χ1v) is 8.97. The highest BCUT2D eigenvalue weighted by Crippen LogP contribution is 2.20. The fourth-order valence-electron chi connectivity index (χ4n) is 2.74. The normalized spacial score (nSPS) is 11.5. The number of aromatic amines is 1. The summed E-state index contributed by atoms with van der Waals surface area (Å²) >= 11 is 1.34. The number of carbonyl (C=O) groups excluding carboxylic acids is 1. The summed E-state index contributed by atoms with van der Waals surface area (Å²) in [5, 5.41) is 16.9. The van der Waals surface area contributed by atoms with E-state index in [0.29, 0.717) is 27.6 Å². The molecule has 1 amide bonds. The lowest BCUT2D eigenvalue weighted by Gasteiger charge is -2.02. The highest BCUT2D eigenvalue weighted by molar-refractivity contribution is 7.15. The van der Waals surface area contributed by atoms with Crippen LogP contribution in [0.4, 0.5) is 5.13 Å². The van der Waals surface area contributed by atoms with Crippen molar-refractivity contribution in [1.82, 2.24) is 24.8 Å². The van der Waals surface area contributed by atoms with E-state index in [-0.39, 0.29) is 11.1 Å². The Morgan fingerprint density at radius 2 is 2.12 bits per heavy atom. The summed E-state index contributed by atoms with van der Waals surface area (Å²) < 4.78 is 1.55. The van der Waals surface area contributed by atoms with Crippen LogP contribution < -0.4 is 10.9 Å². The number of anilines is 1. The molecular weight excluding hydrogens is 352 g/mol. The molecule has 0 fully saturated rings. The van der Waals surface area contributed by atoms with Crippen molar-refractivity contribution in [3.63, 3.8) is 0 Å². The maximum absolute atomic E-state index is 12.6. The van der Waals surface area contributed by atoms with Crippen LogP contribution in [0.25, 0.3) is 16.6 Å². The number of fused-ring (bicyclic) bond motifs is 3. The average molecular weight is 368 g/mol. The number of rotatable bonds is 4. The van der Waals surface area contributed by atoms with Crippen molar-refractivity contribution in [2.24, 2.45) is 5.92 Å². The number of para-hydroxylation sites is 1. The second kappa shape index (κ2) is 6.34. The van der Waals surface area contributed by atoms with Gasteiger partial charge in [-0.25, -0.2) is 4.52 Å². The van der Waals surface area contributed by atoms with Crippen molar-refractivity contribution < 1.29 is 4.79 Å². The minimum absolute atomic E-state index is 0.266. The van der Waals surface area contributed by atoms with Crippen molar-refractivity contribution in [3.05, 3.63) is 51.4 Å². The average Bonchev–Trinajstić information content (AvgIpc) is 3.21. The standard InChI is InChI=1S/C17H16N6O2S/c1-9(2)7-13-21-22-17(26-13)20-16(25)11-8-18-23-12-6-4-3-5-10(12)15(24)19-14(11)23/h3-6,8-9H,7H2,1-2H3,(H,19,24)(H,20,22,25). The topological polar surface area (TPSA) is 105 Å². The molecular formula is C17H16N6O2S. The summed E-state index contributed by atoms with van der Waals surface area (Å²) in [6.07, 6.45) is 2.24. The molecule has 0 radical (unpaired) electrons. The second-order valence-electron chi connectivity index (χ2n) is 6.34. The zero-order chi connectivity index (χ0) is 18.3. The molecule has 4 aromatic rings. The number of nitrogens with zero attached hydrogens (tertiary/aromatic N) is 4. The van der Waals surface area contributed by atoms with E-state index in [1.54, 1.807) is 22.7 Å². The van der Waals surface area contributed by atoms with Gasteiger partial charge in [-0.05, 0) is 18.1 Å². The molecule has 8 nitrogen and oxygen atoms in total. The largest absolute Gasteiger partial charge is 0.306 e. The third-order valence-electron chi connectivity index (χ3n) is 3.89. The van der Waals surface area contributed by atoms with Gasteiger partial charge in [0.2, 0.25) is 5.13 Å². The van der Waals surface area contributed by atoms with E-state index >= 15 is 0 Å². The first kappa shape index (κ1) is 16.4. The van der Waals surface area contributed by atoms with Crippen LogP contribution in [0.15, 0.2) is 35.3 Å². The van der Waals surface area contributed by atoms with Gasteiger partial charge in [-0.1, -0.05) is 37.3 Å². The molecule has 0 atom stereocenters. The molecule has 0 aliphatic heterocycles. The summed E-state index contributed by atoms with van der Waals surface area (Å²) in [6.45, 7) is 4.19. The summed E-state index contributed by atoms with van der Waals surface area (Å²) in [4.78, 5) is 27.6. The molecule has 3 aromatic heterocycles. The fourth-order valence-corrected chi connectivity index (χ4v) is 3.69. The van der Waals surface area contributed by atoms with E-state index in [1.807, 2.05) is 6.07 Å². The van der Waals surface area contributed by atoms with E-state index in [2.05, 4.69) is 39.4 Å². The smallest absolute Gasteiger partial charge is 0.262 e. The van der Waals surface area contributed by atoms with Gasteiger partial charge in [0.05, 0.1) is 17.1 Å². The number of aromatic nitrogens is 5. The van der Waals surface area contributed by atoms with Gasteiger partial charge in [0.1, 0.15) is 16.2 Å². The number of nitrogens with one attached hydrogen (secondary N) is 2. The van der Waals surface area contributed by atoms with Gasteiger partial charge in [0.25, 0.3) is 11.5 Å². The van der Waals surface area contributed by atoms with Crippen molar-refractivity contribution >= 4 is 38.9 Å². The lowest BCUT2D eigenvalue weighted by molar-refractivity contribution is 0.102. The molecule has 26 heavy (non-hydrogen) atoms. The Balaban J connectivity index is 1.69. The number of H-pyrrole nitrogens is 1. The van der Waals surface area contributed by atoms with Crippen molar-refractivity contribution in [2.75, 3.05) is 5.32 Å². The summed E-state index contributed by atoms with van der Waals surface area (Å²) in [7, 11) is 0. The van der Waals surface area contributed by atoms with E-state index in [9.17, 15) is 9.59 Å². The summed E-state index contributed by atoms with van der Waals surface area (Å²) in [6, 6.07) is 7.10. The van der Waals surface area contributed by atoms with E-state index in [1.165, 1.54) is 17.5 Å². The number of carbonyl (C=O) groups is 1. The van der Waals surface area contributed by atoms with Crippen LogP contribution in [-0.2, 0) is 6.42 Å². The maximum atomic E-state index is 12.6. The Kier molecular flexibility index (Phi) is 4.00. The second-order valence-corrected chi connectivity index (χ2v) is 7.41. The maximum Gasteiger partial charge on any atom is 0.262 e. The molecule has 1 aromatic carbocycles. The predicted molar refractivity (Wildman–Crippen MR) is 99.7 cm³/mol. The molecule has 0 saturated carbocycles. The highest BCUT2D eigenvalue weighted by atomic mass is 32.1. The van der Waals surface area contributed by atoms with Gasteiger partial charge in [-0.15, -0.1) is 10.2 Å². The Morgan fingerprint density at radius 3 is 2.92 bits per heavy atom. The van der Waals surface area contributed by atoms with E-state index in [0.717, 1.165) is 11.4 Å². The van der Waals surface area contributed by atoms with Gasteiger partial charge in [-0.2, -0.15) is 5.10 Å². The molecule has 4 rings (SSSR count). The Labute approximate surface area is 151 Å². The van der Waals surface area contributed by atoms with Gasteiger partial charge in [0, 0.05) is 6.42 Å². The number of benzene rings is 1. The van der Waals surface area contributed by atoms with E-state index in [4.69, 9.17) is 0 Å². The van der Waals surface area contributed by atoms with Crippen LogP contribution in [0.3, 0.4) is 0 Å². The zero-order valence-corrected chi connectivity index (χ0v) is 15.0. The summed E-state index contributed by atoms with van der Waals surface area (Å²) in [5.41, 5.74) is 0.991. The zero-order valence-electron chi connectivity index (χ0n) is 14.2. The van der Waals surface area contributed by atoms with Gasteiger partial charge in [-0.3, -0.25) is 14.9 Å². The Bertz CT molecular complexity index is 1170. The quantitative estimate of drug-likeness (QED) is 0.576. The van der Waals surface area contributed by atoms with Gasteiger partial charge >= 0.3 is 0 Å². The van der Waals surface area contributed by atoms with Crippen molar-refractivity contribution in [2.45, 2.75) is 20.3 Å². The van der Waals surface area contributed by atoms with Crippen molar-refractivity contribution in [1.29, 1.82) is 0 Å². The van der Waals surface area contributed by atoms with Crippen molar-refractivity contribution in [3.8, 4) is 0 Å². The predicted octanol–water partition coefficient (Wildman–Crippen LogP) is 2.48. The van der Waals surface area contributed by atoms with Crippen LogP contribution in [-0.4, -0.2) is 30.7 Å². The molecule has 3 heterocycles. The molecule has 9 heteroatoms. The number of hydrogen-bond donors (Lipinski definition) is 2. The monoisotopic (exact) mass is 368 g/mol. The lowest BCUT2D eigenvalue weighted by Crippen LogP contribution is -2.15. The van der Waals surface area contributed by atoms with Crippen LogP contribution in [0.2, 0.25) is 0 Å². The lowest BCUT2D eigenvalue weighted by atomic mass is 10.1.